The van der Waals surface area contributed by atoms with Crippen LogP contribution in [0.15, 0.2) is 0 Å². The van der Waals surface area contributed by atoms with E-state index in [-0.39, 0.29) is 25.7 Å². The zero-order valence-electron chi connectivity index (χ0n) is 65.7. The maximum Gasteiger partial charge on any atom is 0.472 e. The van der Waals surface area contributed by atoms with Crippen molar-refractivity contribution in [2.45, 2.75) is 439 Å². The van der Waals surface area contributed by atoms with Gasteiger partial charge in [-0.1, -0.05) is 370 Å². The Bertz CT molecular complexity index is 1940. The molecule has 3 N–H and O–H groups in total. The second-order valence-corrected chi connectivity index (χ2v) is 33.3. The number of carbonyl (C=O) groups excluding carboxylic acids is 4. The third-order valence-electron chi connectivity index (χ3n) is 19.2. The second kappa shape index (κ2) is 71.3. The van der Waals surface area contributed by atoms with Gasteiger partial charge in [0.2, 0.25) is 0 Å². The van der Waals surface area contributed by atoms with Crippen LogP contribution in [0.1, 0.15) is 421 Å². The van der Waals surface area contributed by atoms with Gasteiger partial charge in [0.15, 0.2) is 12.2 Å². The summed E-state index contributed by atoms with van der Waals surface area (Å²) in [5.41, 5.74) is 0. The van der Waals surface area contributed by atoms with Crippen LogP contribution in [0.5, 0.6) is 0 Å². The van der Waals surface area contributed by atoms with Gasteiger partial charge < -0.3 is 33.8 Å². The number of hydrogen-bond donors (Lipinski definition) is 3. The van der Waals surface area contributed by atoms with E-state index in [0.717, 1.165) is 108 Å². The minimum atomic E-state index is -4.96. The van der Waals surface area contributed by atoms with Crippen LogP contribution >= 0.6 is 15.6 Å². The summed E-state index contributed by atoms with van der Waals surface area (Å²) in [6.45, 7) is 11.9. The average molecular weight is 1470 g/mol. The number of unbranched alkanes of at least 4 members (excludes halogenated alkanes) is 46. The maximum absolute atomic E-state index is 13.1. The van der Waals surface area contributed by atoms with Crippen LogP contribution in [-0.4, -0.2) is 96.7 Å². The topological polar surface area (TPSA) is 237 Å². The Kier molecular flexibility index (Phi) is 69.9. The summed E-state index contributed by atoms with van der Waals surface area (Å²) in [4.78, 5) is 72.9. The number of ether oxygens (including phenoxy) is 4. The van der Waals surface area contributed by atoms with Crippen molar-refractivity contribution in [2.75, 3.05) is 39.6 Å². The highest BCUT2D eigenvalue weighted by Gasteiger charge is 2.30. The lowest BCUT2D eigenvalue weighted by atomic mass is 9.99. The lowest BCUT2D eigenvalue weighted by Crippen LogP contribution is -2.30. The van der Waals surface area contributed by atoms with Crippen LogP contribution in [-0.2, 0) is 65.4 Å². The molecule has 0 amide bonds. The Balaban J connectivity index is 5.21. The molecule has 594 valence electrons. The molecule has 17 nitrogen and oxygen atoms in total. The Labute approximate surface area is 613 Å². The van der Waals surface area contributed by atoms with Crippen LogP contribution in [0, 0.1) is 17.8 Å². The number of phosphoric ester groups is 2. The van der Waals surface area contributed by atoms with Crippen LogP contribution in [0.3, 0.4) is 0 Å². The summed E-state index contributed by atoms with van der Waals surface area (Å²) in [5, 5.41) is 10.6. The molecule has 0 radical (unpaired) electrons. The highest BCUT2D eigenvalue weighted by molar-refractivity contribution is 7.47. The first kappa shape index (κ1) is 98.1. The van der Waals surface area contributed by atoms with Crippen molar-refractivity contribution < 1.29 is 80.2 Å². The fourth-order valence-electron chi connectivity index (χ4n) is 12.5. The zero-order valence-corrected chi connectivity index (χ0v) is 67.5. The van der Waals surface area contributed by atoms with E-state index in [1.807, 2.05) is 0 Å². The Morgan fingerprint density at radius 3 is 0.760 bits per heavy atom. The van der Waals surface area contributed by atoms with Gasteiger partial charge in [-0.25, -0.2) is 9.13 Å². The van der Waals surface area contributed by atoms with E-state index in [4.69, 9.17) is 37.0 Å². The van der Waals surface area contributed by atoms with Crippen molar-refractivity contribution in [2.24, 2.45) is 17.8 Å². The first-order chi connectivity index (χ1) is 48.3. The SMILES string of the molecule is CCCCCCCCCCCCCCCCCCCCCCCC(=O)O[C@H](COC(=O)CCCCCCCCCCCCCCCCC(C)CC)COP(=O)(O)OC[C@@H](O)COP(=O)(O)OC[C@@H](COC(=O)CCCCCCCCC(C)C)OC(=O)CCCCCCCCCCCC(C)C. The smallest absolute Gasteiger partial charge is 0.462 e. The number of carbonyl (C=O) groups is 4. The summed E-state index contributed by atoms with van der Waals surface area (Å²) in [6, 6.07) is 0. The van der Waals surface area contributed by atoms with E-state index in [9.17, 15) is 43.2 Å². The van der Waals surface area contributed by atoms with Crippen LogP contribution in [0.2, 0.25) is 0 Å². The van der Waals surface area contributed by atoms with Gasteiger partial charge in [0.05, 0.1) is 26.4 Å². The van der Waals surface area contributed by atoms with E-state index in [2.05, 4.69) is 48.5 Å². The van der Waals surface area contributed by atoms with Crippen LogP contribution in [0.25, 0.3) is 0 Å². The van der Waals surface area contributed by atoms with Gasteiger partial charge >= 0.3 is 39.5 Å². The molecule has 3 unspecified atom stereocenters. The van der Waals surface area contributed by atoms with Crippen LogP contribution < -0.4 is 0 Å². The van der Waals surface area contributed by atoms with Gasteiger partial charge in [-0.15, -0.1) is 0 Å². The lowest BCUT2D eigenvalue weighted by Gasteiger charge is -2.21. The summed E-state index contributed by atoms with van der Waals surface area (Å²) < 4.78 is 68.6. The van der Waals surface area contributed by atoms with E-state index in [1.165, 1.54) is 225 Å². The Morgan fingerprint density at radius 2 is 0.510 bits per heavy atom. The molecule has 0 saturated heterocycles. The van der Waals surface area contributed by atoms with Crippen molar-refractivity contribution in [1.29, 1.82) is 0 Å². The minimum Gasteiger partial charge on any atom is -0.462 e. The fraction of sp³-hybridized carbons (Fsp3) is 0.951. The monoisotopic (exact) mass is 1470 g/mol. The van der Waals surface area contributed by atoms with Gasteiger partial charge in [0, 0.05) is 25.7 Å². The molecule has 0 aromatic rings. The largest absolute Gasteiger partial charge is 0.472 e. The number of aliphatic hydroxyl groups excluding tert-OH is 1. The number of esters is 4. The van der Waals surface area contributed by atoms with E-state index in [1.54, 1.807) is 0 Å². The van der Waals surface area contributed by atoms with Gasteiger partial charge in [-0.2, -0.15) is 0 Å². The number of rotatable bonds is 79. The molecule has 0 rings (SSSR count). The third kappa shape index (κ3) is 73.0. The normalized spacial score (nSPS) is 14.2. The van der Waals surface area contributed by atoms with Crippen molar-refractivity contribution in [3.05, 3.63) is 0 Å². The number of phosphoric acid groups is 2. The lowest BCUT2D eigenvalue weighted by molar-refractivity contribution is -0.161. The molecule has 0 aromatic heterocycles. The summed E-state index contributed by atoms with van der Waals surface area (Å²) in [6.07, 6.45) is 60.0. The predicted molar refractivity (Wildman–Crippen MR) is 409 cm³/mol. The van der Waals surface area contributed by atoms with Gasteiger partial charge in [0.1, 0.15) is 19.3 Å². The van der Waals surface area contributed by atoms with Gasteiger partial charge in [0.25, 0.3) is 0 Å². The molecule has 0 spiro atoms. The third-order valence-corrected chi connectivity index (χ3v) is 21.1. The molecule has 19 heteroatoms. The second-order valence-electron chi connectivity index (χ2n) is 30.4. The molecule has 0 heterocycles. The molecule has 0 saturated carbocycles. The summed E-state index contributed by atoms with van der Waals surface area (Å²) in [5.74, 6) is 0.150. The molecule has 100 heavy (non-hydrogen) atoms. The van der Waals surface area contributed by atoms with Gasteiger partial charge in [-0.05, 0) is 43.4 Å². The highest BCUT2D eigenvalue weighted by atomic mass is 31.2. The standard InChI is InChI=1S/C81H158O17P2/c1-8-10-11-12-13-14-15-16-17-18-19-20-21-22-23-28-31-36-41-50-57-64-80(85)97-76(68-91-78(83)62-55-48-40-35-30-27-25-24-26-29-34-39-47-54-61-74(7)9-2)70-95-99(87,88)93-66-75(82)67-94-100(89,90)96-71-77(69-92-79(84)63-56-49-44-43-46-53-60-73(5)6)98-81(86)65-58-51-42-37-32-33-38-45-52-59-72(3)4/h72-77,82H,8-71H2,1-7H3,(H,87,88)(H,89,90)/t74?,75-,76-,77-/m1/s1. The molecule has 6 atom stereocenters. The molecule has 0 aliphatic heterocycles. The van der Waals surface area contributed by atoms with Crippen LogP contribution in [0.4, 0.5) is 0 Å². The molecular weight excluding hydrogens is 1310 g/mol. The molecule has 0 aromatic carbocycles. The van der Waals surface area contributed by atoms with Crippen molar-refractivity contribution in [3.63, 3.8) is 0 Å². The predicted octanol–water partition coefficient (Wildman–Crippen LogP) is 24.1. The number of aliphatic hydroxyl groups is 1. The Hall–Kier alpha value is -1.94. The molecule has 0 aliphatic carbocycles. The first-order valence-corrected chi connectivity index (χ1v) is 44.9. The quantitative estimate of drug-likeness (QED) is 0.0222. The van der Waals surface area contributed by atoms with Gasteiger partial charge in [-0.3, -0.25) is 37.3 Å². The van der Waals surface area contributed by atoms with E-state index < -0.39 is 97.5 Å². The Morgan fingerprint density at radius 1 is 0.290 bits per heavy atom. The maximum atomic E-state index is 13.1. The van der Waals surface area contributed by atoms with Crippen molar-refractivity contribution in [3.8, 4) is 0 Å². The molecule has 0 fully saturated rings. The average Bonchev–Trinajstić information content (AvgIpc) is 0.939. The molecule has 0 aliphatic rings. The van der Waals surface area contributed by atoms with E-state index in [0.29, 0.717) is 31.6 Å². The first-order valence-electron chi connectivity index (χ1n) is 41.9. The summed E-state index contributed by atoms with van der Waals surface area (Å²) in [7, 11) is -9.92. The van der Waals surface area contributed by atoms with E-state index >= 15 is 0 Å². The highest BCUT2D eigenvalue weighted by Crippen LogP contribution is 2.45. The molecule has 0 bridgehead atoms. The number of hydrogen-bond acceptors (Lipinski definition) is 15. The zero-order chi connectivity index (χ0) is 73.7. The van der Waals surface area contributed by atoms with Crippen molar-refractivity contribution >= 4 is 39.5 Å². The minimum absolute atomic E-state index is 0.104. The summed E-state index contributed by atoms with van der Waals surface area (Å²) >= 11 is 0. The van der Waals surface area contributed by atoms with Crippen molar-refractivity contribution in [1.82, 2.24) is 0 Å². The molecular formula is C81H158O17P2. The fourth-order valence-corrected chi connectivity index (χ4v) is 14.0.